The van der Waals surface area contributed by atoms with Crippen LogP contribution in [-0.4, -0.2) is 0 Å². The molecule has 0 unspecified atom stereocenters. The smallest absolute Gasteiger partial charge is 0.00206 e. The molecular weight excluding hydrogens is 913 g/mol. The molecule has 0 aliphatic carbocycles. The zero-order valence-corrected chi connectivity index (χ0v) is 41.2. The second-order valence-electron chi connectivity index (χ2n) is 21.5. The van der Waals surface area contributed by atoms with E-state index in [4.69, 9.17) is 0 Å². The van der Waals surface area contributed by atoms with Gasteiger partial charge in [-0.2, -0.15) is 0 Å². The Hall–Kier alpha value is -9.88. The molecule has 76 heavy (non-hydrogen) atoms. The van der Waals surface area contributed by atoms with E-state index in [2.05, 4.69) is 255 Å². The van der Waals surface area contributed by atoms with E-state index in [-0.39, 0.29) is 0 Å². The standard InChI is InChI=1S/C76H42/c1-5-43-13-17-51-21-29-61(65-33-25-47(9-1)69(43)73(51)65)57-37-55(38-58(41-57)62-30-22-52-18-14-44-6-2-10-48-26-34-66(62)74(52)70(44)48)56-39-59(63-31-23-53-19-15-45-7-3-11-49-27-35-67(63)75(53)71(45)49)42-60(40-56)64-32-24-54-20-16-46-8-4-12-50-28-36-68(64)76(54)72(46)50/h1-42H. The minimum Gasteiger partial charge on any atom is -0.0610 e. The summed E-state index contributed by atoms with van der Waals surface area (Å²) in [6.45, 7) is 0. The molecule has 0 saturated carbocycles. The normalized spacial score (nSPS) is 12.5. The lowest BCUT2D eigenvalue weighted by Gasteiger charge is -2.19. The second-order valence-corrected chi connectivity index (χ2v) is 21.5. The monoisotopic (exact) mass is 954 g/mol. The molecule has 0 aliphatic heterocycles. The molecule has 0 saturated heterocycles. The Kier molecular flexibility index (Phi) is 7.95. The predicted octanol–water partition coefficient (Wildman–Crippen LogP) is 21.6. The Morgan fingerprint density at radius 2 is 0.303 bits per heavy atom. The maximum atomic E-state index is 2.47. The van der Waals surface area contributed by atoms with Gasteiger partial charge in [0, 0.05) is 0 Å². The average molecular weight is 955 g/mol. The highest BCUT2D eigenvalue weighted by atomic mass is 14.2. The SMILES string of the molecule is c1cc2ccc3ccc(-c4cc(-c5cc(-c6ccc7ccc8cccc9ccc6c7c89)cc(-c6ccc7ccc8cccc9ccc6c7c89)c5)cc(-c5ccc6ccc7cccc8ccc5c6c78)c4)c4ccc(c1)c2c34. The lowest BCUT2D eigenvalue weighted by Crippen LogP contribution is -1.93. The molecule has 18 aromatic carbocycles. The number of hydrogen-bond donors (Lipinski definition) is 0. The lowest BCUT2D eigenvalue weighted by molar-refractivity contribution is 1.58. The first kappa shape index (κ1) is 40.6. The highest BCUT2D eigenvalue weighted by molar-refractivity contribution is 6.29. The summed E-state index contributed by atoms with van der Waals surface area (Å²) in [5.41, 5.74) is 12.1. The summed E-state index contributed by atoms with van der Waals surface area (Å²) >= 11 is 0. The van der Waals surface area contributed by atoms with E-state index in [1.54, 1.807) is 0 Å². The van der Waals surface area contributed by atoms with Gasteiger partial charge in [-0.25, -0.2) is 0 Å². The highest BCUT2D eigenvalue weighted by Gasteiger charge is 2.21. The summed E-state index contributed by atoms with van der Waals surface area (Å²) in [6, 6.07) is 97.5. The maximum Gasteiger partial charge on any atom is -0.00206 e. The Bertz CT molecular complexity index is 4720. The predicted molar refractivity (Wildman–Crippen MR) is 328 cm³/mol. The molecule has 346 valence electrons. The van der Waals surface area contributed by atoms with E-state index in [1.807, 2.05) is 0 Å². The average Bonchev–Trinajstić information content (AvgIpc) is 3.55. The van der Waals surface area contributed by atoms with Crippen molar-refractivity contribution in [2.45, 2.75) is 0 Å². The summed E-state index contributed by atoms with van der Waals surface area (Å²) in [5.74, 6) is 0. The van der Waals surface area contributed by atoms with E-state index < -0.39 is 0 Å². The Morgan fingerprint density at radius 1 is 0.132 bits per heavy atom. The topological polar surface area (TPSA) is 0 Å². The van der Waals surface area contributed by atoms with Gasteiger partial charge in [0.15, 0.2) is 0 Å². The van der Waals surface area contributed by atoms with Gasteiger partial charge in [0.1, 0.15) is 0 Å². The van der Waals surface area contributed by atoms with Crippen LogP contribution in [-0.2, 0) is 0 Å². The summed E-state index contributed by atoms with van der Waals surface area (Å²) in [7, 11) is 0. The number of rotatable bonds is 5. The van der Waals surface area contributed by atoms with Crippen LogP contribution in [0.4, 0.5) is 0 Å². The van der Waals surface area contributed by atoms with Crippen LogP contribution < -0.4 is 0 Å². The molecule has 0 N–H and O–H groups in total. The quantitative estimate of drug-likeness (QED) is 0.151. The van der Waals surface area contributed by atoms with Gasteiger partial charge in [0.2, 0.25) is 0 Å². The van der Waals surface area contributed by atoms with Gasteiger partial charge < -0.3 is 0 Å². The highest BCUT2D eigenvalue weighted by Crippen LogP contribution is 2.48. The van der Waals surface area contributed by atoms with Crippen LogP contribution in [0.1, 0.15) is 0 Å². The van der Waals surface area contributed by atoms with Gasteiger partial charge in [-0.05, 0) is 221 Å². The first-order valence-electron chi connectivity index (χ1n) is 26.6. The van der Waals surface area contributed by atoms with Crippen molar-refractivity contribution >= 4 is 129 Å². The third kappa shape index (κ3) is 5.57. The molecular formula is C76H42. The Morgan fingerprint density at radius 3 is 0.526 bits per heavy atom. The van der Waals surface area contributed by atoms with E-state index >= 15 is 0 Å². The van der Waals surface area contributed by atoms with Crippen molar-refractivity contribution in [2.24, 2.45) is 0 Å². The number of hydrogen-bond acceptors (Lipinski definition) is 0. The van der Waals surface area contributed by atoms with Crippen molar-refractivity contribution in [1.29, 1.82) is 0 Å². The van der Waals surface area contributed by atoms with Gasteiger partial charge in [0.05, 0.1) is 0 Å². The van der Waals surface area contributed by atoms with Crippen LogP contribution in [0, 0.1) is 0 Å². The molecule has 0 fully saturated rings. The van der Waals surface area contributed by atoms with Crippen LogP contribution in [0.25, 0.3) is 185 Å². The molecule has 0 bridgehead atoms. The first-order valence-corrected chi connectivity index (χ1v) is 26.6. The van der Waals surface area contributed by atoms with E-state index in [1.165, 1.54) is 185 Å². The lowest BCUT2D eigenvalue weighted by atomic mass is 9.84. The van der Waals surface area contributed by atoms with Crippen molar-refractivity contribution in [1.82, 2.24) is 0 Å². The largest absolute Gasteiger partial charge is 0.0610 e. The fraction of sp³-hybridized carbons (Fsp3) is 0. The molecule has 0 aromatic heterocycles. The van der Waals surface area contributed by atoms with Crippen molar-refractivity contribution in [3.8, 4) is 55.6 Å². The molecule has 0 nitrogen and oxygen atoms in total. The summed E-state index contributed by atoms with van der Waals surface area (Å²) < 4.78 is 0. The van der Waals surface area contributed by atoms with Gasteiger partial charge >= 0.3 is 0 Å². The van der Waals surface area contributed by atoms with E-state index in [0.29, 0.717) is 0 Å². The fourth-order valence-electron chi connectivity index (χ4n) is 14.2. The fourth-order valence-corrected chi connectivity index (χ4v) is 14.2. The van der Waals surface area contributed by atoms with E-state index in [9.17, 15) is 0 Å². The van der Waals surface area contributed by atoms with Gasteiger partial charge in [-0.15, -0.1) is 0 Å². The Balaban J connectivity index is 0.948. The van der Waals surface area contributed by atoms with Gasteiger partial charge in [0.25, 0.3) is 0 Å². The number of benzene rings is 18. The van der Waals surface area contributed by atoms with Crippen molar-refractivity contribution < 1.29 is 0 Å². The molecule has 0 heteroatoms. The van der Waals surface area contributed by atoms with E-state index in [0.717, 1.165) is 0 Å². The second kappa shape index (κ2) is 14.9. The van der Waals surface area contributed by atoms with Crippen molar-refractivity contribution in [2.75, 3.05) is 0 Å². The zero-order chi connectivity index (χ0) is 49.3. The van der Waals surface area contributed by atoms with Gasteiger partial charge in [-0.3, -0.25) is 0 Å². The van der Waals surface area contributed by atoms with Crippen molar-refractivity contribution in [3.05, 3.63) is 255 Å². The zero-order valence-electron chi connectivity index (χ0n) is 41.2. The molecule has 0 amide bonds. The molecule has 0 radical (unpaired) electrons. The molecule has 0 spiro atoms. The van der Waals surface area contributed by atoms with Crippen LogP contribution in [0.3, 0.4) is 0 Å². The molecule has 18 rings (SSSR count). The maximum absolute atomic E-state index is 2.47. The minimum atomic E-state index is 1.18. The third-order valence-corrected chi connectivity index (χ3v) is 17.6. The minimum absolute atomic E-state index is 1.18. The third-order valence-electron chi connectivity index (χ3n) is 17.6. The summed E-state index contributed by atoms with van der Waals surface area (Å²) in [5, 5.41) is 31.0. The van der Waals surface area contributed by atoms with Crippen LogP contribution in [0.2, 0.25) is 0 Å². The van der Waals surface area contributed by atoms with Crippen molar-refractivity contribution in [3.63, 3.8) is 0 Å². The molecule has 18 aromatic rings. The van der Waals surface area contributed by atoms with Gasteiger partial charge in [-0.1, -0.05) is 218 Å². The van der Waals surface area contributed by atoms with Crippen LogP contribution >= 0.6 is 0 Å². The summed E-state index contributed by atoms with van der Waals surface area (Å²) in [6.07, 6.45) is 0. The first-order chi connectivity index (χ1) is 37.6. The molecule has 0 heterocycles. The van der Waals surface area contributed by atoms with Crippen LogP contribution in [0.5, 0.6) is 0 Å². The molecule has 0 atom stereocenters. The molecule has 0 aliphatic rings. The summed E-state index contributed by atoms with van der Waals surface area (Å²) in [4.78, 5) is 0. The van der Waals surface area contributed by atoms with Crippen LogP contribution in [0.15, 0.2) is 255 Å². The Labute approximate surface area is 437 Å².